The third kappa shape index (κ3) is 7.63. The summed E-state index contributed by atoms with van der Waals surface area (Å²) in [6.45, 7) is 11.7. The molecule has 9 nitrogen and oxygen atoms in total. The van der Waals surface area contributed by atoms with E-state index in [9.17, 15) is 18.0 Å². The van der Waals surface area contributed by atoms with E-state index in [1.807, 2.05) is 32.3 Å². The predicted molar refractivity (Wildman–Crippen MR) is 152 cm³/mol. The van der Waals surface area contributed by atoms with Crippen LogP contribution in [0.1, 0.15) is 55.3 Å². The maximum Gasteiger partial charge on any atom is 0.338 e. The Morgan fingerprint density at radius 1 is 1.00 bits per heavy atom. The quantitative estimate of drug-likeness (QED) is 0.293. The number of aromatic nitrogens is 1. The number of rotatable bonds is 12. The third-order valence-electron chi connectivity index (χ3n) is 5.79. The van der Waals surface area contributed by atoms with Gasteiger partial charge in [-0.05, 0) is 61.2 Å². The van der Waals surface area contributed by atoms with Crippen molar-refractivity contribution in [1.82, 2.24) is 8.87 Å². The highest BCUT2D eigenvalue weighted by Crippen LogP contribution is 2.22. The Bertz CT molecular complexity index is 1460. The lowest BCUT2D eigenvalue weighted by Gasteiger charge is -2.25. The minimum atomic E-state index is -3.70. The number of methoxy groups -OCH3 is 1. The first-order valence-electron chi connectivity index (χ1n) is 13.0. The van der Waals surface area contributed by atoms with Crippen LogP contribution in [0, 0.1) is 11.8 Å². The van der Waals surface area contributed by atoms with E-state index in [0.717, 1.165) is 10.2 Å². The number of benzene rings is 2. The van der Waals surface area contributed by atoms with E-state index in [1.165, 1.54) is 39.9 Å². The second-order valence-corrected chi connectivity index (χ2v) is 12.9. The molecule has 0 aliphatic carbocycles. The Kier molecular flexibility index (Phi) is 10.6. The molecule has 0 fully saturated rings. The minimum Gasteiger partial charge on any atom is -0.462 e. The van der Waals surface area contributed by atoms with Gasteiger partial charge >= 0.3 is 5.97 Å². The lowest BCUT2D eigenvalue weighted by molar-refractivity contribution is 0.0526. The van der Waals surface area contributed by atoms with Gasteiger partial charge in [0.2, 0.25) is 10.0 Å². The van der Waals surface area contributed by atoms with Gasteiger partial charge in [0.05, 0.1) is 33.9 Å². The molecular weight excluding hydrogens is 538 g/mol. The van der Waals surface area contributed by atoms with Gasteiger partial charge in [-0.1, -0.05) is 39.0 Å². The lowest BCUT2D eigenvalue weighted by Crippen LogP contribution is -2.37. The Morgan fingerprint density at radius 2 is 1.62 bits per heavy atom. The smallest absolute Gasteiger partial charge is 0.338 e. The first-order chi connectivity index (χ1) is 18.5. The number of amides is 1. The lowest BCUT2D eigenvalue weighted by atomic mass is 10.2. The van der Waals surface area contributed by atoms with Crippen LogP contribution in [0.2, 0.25) is 0 Å². The van der Waals surface area contributed by atoms with E-state index in [-0.39, 0.29) is 28.9 Å². The Labute approximate surface area is 234 Å². The maximum atomic E-state index is 13.3. The van der Waals surface area contributed by atoms with Crippen molar-refractivity contribution in [2.75, 3.05) is 33.4 Å². The van der Waals surface area contributed by atoms with Crippen molar-refractivity contribution in [2.24, 2.45) is 16.8 Å². The molecule has 1 heterocycles. The van der Waals surface area contributed by atoms with Crippen molar-refractivity contribution < 1.29 is 27.5 Å². The largest absolute Gasteiger partial charge is 0.462 e. The average molecular weight is 576 g/mol. The summed E-state index contributed by atoms with van der Waals surface area (Å²) < 4.78 is 41.1. The van der Waals surface area contributed by atoms with Crippen molar-refractivity contribution in [3.05, 3.63) is 58.4 Å². The average Bonchev–Trinajstić information content (AvgIpc) is 3.22. The van der Waals surface area contributed by atoms with Gasteiger partial charge in [-0.3, -0.25) is 4.79 Å². The molecule has 0 aliphatic heterocycles. The zero-order valence-corrected chi connectivity index (χ0v) is 25.0. The molecule has 2 aromatic carbocycles. The number of ether oxygens (including phenoxy) is 2. The molecule has 39 heavy (non-hydrogen) atoms. The van der Waals surface area contributed by atoms with E-state index in [0.29, 0.717) is 36.6 Å². The van der Waals surface area contributed by atoms with Crippen LogP contribution in [-0.2, 0) is 26.0 Å². The molecule has 3 aromatic rings. The Balaban J connectivity index is 1.96. The van der Waals surface area contributed by atoms with Crippen LogP contribution < -0.4 is 4.80 Å². The molecule has 0 radical (unpaired) electrons. The Hall–Kier alpha value is -2.86. The predicted octanol–water partition coefficient (Wildman–Crippen LogP) is 4.57. The van der Waals surface area contributed by atoms with Crippen LogP contribution in [-0.4, -0.2) is 62.6 Å². The second kappa shape index (κ2) is 13.5. The van der Waals surface area contributed by atoms with E-state index >= 15 is 0 Å². The van der Waals surface area contributed by atoms with Crippen molar-refractivity contribution >= 4 is 43.5 Å². The molecule has 1 amide bonds. The van der Waals surface area contributed by atoms with Crippen LogP contribution in [0.15, 0.2) is 52.4 Å². The first kappa shape index (κ1) is 30.7. The molecule has 0 unspecified atom stereocenters. The molecule has 0 atom stereocenters. The van der Waals surface area contributed by atoms with E-state index in [4.69, 9.17) is 9.47 Å². The molecule has 0 bridgehead atoms. The number of nitrogens with zero attached hydrogens (tertiary/aromatic N) is 3. The number of fused-ring (bicyclic) bond motifs is 1. The number of carbonyl (C=O) groups is 2. The van der Waals surface area contributed by atoms with Gasteiger partial charge < -0.3 is 14.0 Å². The number of esters is 1. The standard InChI is InChI=1S/C28H37N3O6S2/c1-7-37-27(33)22-10-13-24-25(16-22)38-28(31(24)14-15-36-6)29-26(32)21-8-11-23(12-9-21)39(34,35)30(17-19(2)3)18-20(4)5/h8-13,16,19-20H,7,14-15,17-18H2,1-6H3. The summed E-state index contributed by atoms with van der Waals surface area (Å²) in [5.74, 6) is -0.556. The van der Waals surface area contributed by atoms with Crippen LogP contribution in [0.3, 0.4) is 0 Å². The zero-order chi connectivity index (χ0) is 28.7. The molecular formula is C28H37N3O6S2. The van der Waals surface area contributed by atoms with Crippen molar-refractivity contribution in [1.29, 1.82) is 0 Å². The highest BCUT2D eigenvalue weighted by atomic mass is 32.2. The van der Waals surface area contributed by atoms with Gasteiger partial charge in [-0.15, -0.1) is 0 Å². The van der Waals surface area contributed by atoms with Crippen molar-refractivity contribution in [3.8, 4) is 0 Å². The summed E-state index contributed by atoms with van der Waals surface area (Å²) >= 11 is 1.28. The summed E-state index contributed by atoms with van der Waals surface area (Å²) in [7, 11) is -2.11. The maximum absolute atomic E-state index is 13.3. The van der Waals surface area contributed by atoms with Crippen LogP contribution in [0.4, 0.5) is 0 Å². The van der Waals surface area contributed by atoms with E-state index in [1.54, 1.807) is 32.2 Å². The summed E-state index contributed by atoms with van der Waals surface area (Å²) in [6.07, 6.45) is 0. The number of sulfonamides is 1. The van der Waals surface area contributed by atoms with Crippen molar-refractivity contribution in [3.63, 3.8) is 0 Å². The number of thiazole rings is 1. The number of carbonyl (C=O) groups excluding carboxylic acids is 2. The van der Waals surface area contributed by atoms with Gasteiger partial charge in [-0.25, -0.2) is 13.2 Å². The summed E-state index contributed by atoms with van der Waals surface area (Å²) in [4.78, 5) is 30.3. The number of hydrogen-bond donors (Lipinski definition) is 0. The zero-order valence-electron chi connectivity index (χ0n) is 23.3. The SMILES string of the molecule is CCOC(=O)c1ccc2c(c1)sc(=NC(=O)c1ccc(S(=O)(=O)N(CC(C)C)CC(C)C)cc1)n2CCOC. The fourth-order valence-electron chi connectivity index (χ4n) is 4.05. The molecule has 0 aliphatic rings. The molecule has 0 N–H and O–H groups in total. The van der Waals surface area contributed by atoms with Crippen LogP contribution in [0.25, 0.3) is 10.2 Å². The van der Waals surface area contributed by atoms with Gasteiger partial charge in [0.1, 0.15) is 0 Å². The molecule has 11 heteroatoms. The highest BCUT2D eigenvalue weighted by Gasteiger charge is 2.26. The number of hydrogen-bond acceptors (Lipinski definition) is 7. The highest BCUT2D eigenvalue weighted by molar-refractivity contribution is 7.89. The Morgan fingerprint density at radius 3 is 2.18 bits per heavy atom. The van der Waals surface area contributed by atoms with E-state index in [2.05, 4.69) is 4.99 Å². The third-order valence-corrected chi connectivity index (χ3v) is 8.67. The van der Waals surface area contributed by atoms with Gasteiger partial charge in [0.15, 0.2) is 4.80 Å². The van der Waals surface area contributed by atoms with Gasteiger partial charge in [-0.2, -0.15) is 9.30 Å². The molecule has 212 valence electrons. The molecule has 3 rings (SSSR count). The molecule has 0 saturated carbocycles. The fraction of sp³-hybridized carbons (Fsp3) is 0.464. The van der Waals surface area contributed by atoms with Crippen LogP contribution >= 0.6 is 11.3 Å². The summed E-state index contributed by atoms with van der Waals surface area (Å²) in [6, 6.07) is 11.1. The van der Waals surface area contributed by atoms with Crippen molar-refractivity contribution in [2.45, 2.75) is 46.1 Å². The molecule has 0 saturated heterocycles. The normalized spacial score (nSPS) is 12.7. The molecule has 1 aromatic heterocycles. The van der Waals surface area contributed by atoms with Gasteiger partial charge in [0, 0.05) is 32.3 Å². The first-order valence-corrected chi connectivity index (χ1v) is 15.2. The fourth-order valence-corrected chi connectivity index (χ4v) is 6.91. The summed E-state index contributed by atoms with van der Waals surface area (Å²) in [5.41, 5.74) is 1.51. The van der Waals surface area contributed by atoms with E-state index < -0.39 is 21.9 Å². The topological polar surface area (TPSA) is 107 Å². The minimum absolute atomic E-state index is 0.142. The van der Waals surface area contributed by atoms with Crippen LogP contribution in [0.5, 0.6) is 0 Å². The monoisotopic (exact) mass is 575 g/mol. The second-order valence-electron chi connectivity index (χ2n) is 9.98. The summed E-state index contributed by atoms with van der Waals surface area (Å²) in [5, 5.41) is 0. The molecule has 0 spiro atoms. The van der Waals surface area contributed by atoms with Gasteiger partial charge in [0.25, 0.3) is 5.91 Å².